The molecule has 2 aliphatic rings. The van der Waals surface area contributed by atoms with E-state index >= 15 is 0 Å². The second kappa shape index (κ2) is 3.23. The van der Waals surface area contributed by atoms with Gasteiger partial charge in [0.1, 0.15) is 0 Å². The first-order valence-corrected chi connectivity index (χ1v) is 5.94. The van der Waals surface area contributed by atoms with Crippen molar-refractivity contribution in [2.45, 2.75) is 37.8 Å². The molecule has 0 spiro atoms. The van der Waals surface area contributed by atoms with Crippen LogP contribution in [0.15, 0.2) is 0 Å². The van der Waals surface area contributed by atoms with E-state index in [9.17, 15) is 4.21 Å². The monoisotopic (exact) mass is 173 g/mol. The van der Waals surface area contributed by atoms with Crippen molar-refractivity contribution < 1.29 is 4.21 Å². The summed E-state index contributed by atoms with van der Waals surface area (Å²) in [6.45, 7) is 0. The molecule has 0 aromatic carbocycles. The zero-order valence-electron chi connectivity index (χ0n) is 6.71. The summed E-state index contributed by atoms with van der Waals surface area (Å²) < 4.78 is 11.0. The van der Waals surface area contributed by atoms with E-state index in [4.69, 9.17) is 0 Å². The molecule has 1 N–H and O–H groups in total. The summed E-state index contributed by atoms with van der Waals surface area (Å²) >= 11 is 0. The molecule has 1 heterocycles. The van der Waals surface area contributed by atoms with Gasteiger partial charge >= 0.3 is 0 Å². The number of hydrogen-bond donors (Lipinski definition) is 1. The van der Waals surface area contributed by atoms with Crippen LogP contribution in [-0.4, -0.2) is 27.8 Å². The third kappa shape index (κ3) is 2.27. The fourth-order valence-electron chi connectivity index (χ4n) is 1.54. The van der Waals surface area contributed by atoms with E-state index in [1.807, 2.05) is 0 Å². The topological polar surface area (TPSA) is 29.1 Å². The van der Waals surface area contributed by atoms with Gasteiger partial charge in [0.15, 0.2) is 0 Å². The molecule has 0 radical (unpaired) electrons. The van der Waals surface area contributed by atoms with Crippen molar-refractivity contribution >= 4 is 10.8 Å². The maximum Gasteiger partial charge on any atom is 0.0249 e. The first-order valence-electron chi connectivity index (χ1n) is 4.45. The Labute approximate surface area is 70.2 Å². The van der Waals surface area contributed by atoms with Crippen LogP contribution in [0.3, 0.4) is 0 Å². The molecule has 0 bridgehead atoms. The Morgan fingerprint density at radius 1 is 1.00 bits per heavy atom. The van der Waals surface area contributed by atoms with Gasteiger partial charge in [-0.2, -0.15) is 0 Å². The molecule has 1 aliphatic heterocycles. The molecule has 3 heteroatoms. The number of hydrogen-bond acceptors (Lipinski definition) is 2. The molecular weight excluding hydrogens is 158 g/mol. The average molecular weight is 173 g/mol. The first kappa shape index (κ1) is 7.74. The SMILES string of the molecule is O=S1CCC(NC2CC2)CC1. The molecule has 0 atom stereocenters. The minimum atomic E-state index is -0.495. The van der Waals surface area contributed by atoms with Gasteiger partial charge in [0.25, 0.3) is 0 Å². The van der Waals surface area contributed by atoms with Gasteiger partial charge in [0.05, 0.1) is 0 Å². The van der Waals surface area contributed by atoms with Crippen LogP contribution in [0.5, 0.6) is 0 Å². The van der Waals surface area contributed by atoms with Crippen LogP contribution in [0.2, 0.25) is 0 Å². The van der Waals surface area contributed by atoms with Gasteiger partial charge in [-0.1, -0.05) is 0 Å². The molecule has 2 nitrogen and oxygen atoms in total. The van der Waals surface area contributed by atoms with Gasteiger partial charge in [-0.3, -0.25) is 4.21 Å². The maximum absolute atomic E-state index is 11.0. The van der Waals surface area contributed by atoms with Gasteiger partial charge in [0, 0.05) is 34.4 Å². The minimum absolute atomic E-state index is 0.495. The fraction of sp³-hybridized carbons (Fsp3) is 1.00. The summed E-state index contributed by atoms with van der Waals surface area (Å²) in [6.07, 6.45) is 4.98. The molecule has 1 saturated carbocycles. The van der Waals surface area contributed by atoms with Crippen LogP contribution in [0.25, 0.3) is 0 Å². The maximum atomic E-state index is 11.0. The zero-order valence-corrected chi connectivity index (χ0v) is 7.53. The molecule has 0 aromatic rings. The Kier molecular flexibility index (Phi) is 2.28. The lowest BCUT2D eigenvalue weighted by Crippen LogP contribution is -2.36. The molecule has 1 saturated heterocycles. The van der Waals surface area contributed by atoms with E-state index in [1.54, 1.807) is 0 Å². The van der Waals surface area contributed by atoms with E-state index in [0.29, 0.717) is 6.04 Å². The second-order valence-corrected chi connectivity index (χ2v) is 5.26. The van der Waals surface area contributed by atoms with E-state index in [1.165, 1.54) is 12.8 Å². The molecule has 1 aliphatic carbocycles. The molecule has 2 fully saturated rings. The second-order valence-electron chi connectivity index (χ2n) is 3.56. The largest absolute Gasteiger partial charge is 0.311 e. The average Bonchev–Trinajstić information content (AvgIpc) is 2.78. The highest BCUT2D eigenvalue weighted by molar-refractivity contribution is 7.85. The van der Waals surface area contributed by atoms with Crippen LogP contribution in [0.1, 0.15) is 25.7 Å². The molecule has 0 amide bonds. The molecule has 64 valence electrons. The predicted octanol–water partition coefficient (Wildman–Crippen LogP) is 0.649. The van der Waals surface area contributed by atoms with Gasteiger partial charge < -0.3 is 5.32 Å². The first-order chi connectivity index (χ1) is 5.34. The lowest BCUT2D eigenvalue weighted by atomic mass is 10.1. The van der Waals surface area contributed by atoms with Gasteiger partial charge in [-0.05, 0) is 25.7 Å². The Balaban J connectivity index is 1.73. The number of nitrogens with one attached hydrogen (secondary N) is 1. The summed E-state index contributed by atoms with van der Waals surface area (Å²) in [4.78, 5) is 0. The summed E-state index contributed by atoms with van der Waals surface area (Å²) in [5.41, 5.74) is 0. The van der Waals surface area contributed by atoms with Crippen molar-refractivity contribution in [2.75, 3.05) is 11.5 Å². The Hall–Kier alpha value is 0.110. The molecule has 0 aromatic heterocycles. The van der Waals surface area contributed by atoms with Crippen LogP contribution in [-0.2, 0) is 10.8 Å². The highest BCUT2D eigenvalue weighted by atomic mass is 32.2. The molecule has 0 unspecified atom stereocenters. The smallest absolute Gasteiger partial charge is 0.0249 e. The van der Waals surface area contributed by atoms with E-state index in [2.05, 4.69) is 5.32 Å². The van der Waals surface area contributed by atoms with Crippen molar-refractivity contribution in [2.24, 2.45) is 0 Å². The van der Waals surface area contributed by atoms with Gasteiger partial charge in [0.2, 0.25) is 0 Å². The van der Waals surface area contributed by atoms with Crippen LogP contribution in [0.4, 0.5) is 0 Å². The highest BCUT2D eigenvalue weighted by Crippen LogP contribution is 2.21. The third-order valence-corrected chi connectivity index (χ3v) is 3.82. The lowest BCUT2D eigenvalue weighted by molar-refractivity contribution is 0.473. The van der Waals surface area contributed by atoms with Gasteiger partial charge in [-0.15, -0.1) is 0 Å². The molecule has 2 rings (SSSR count). The van der Waals surface area contributed by atoms with Crippen molar-refractivity contribution in [1.29, 1.82) is 0 Å². The third-order valence-electron chi connectivity index (χ3n) is 2.44. The highest BCUT2D eigenvalue weighted by Gasteiger charge is 2.26. The Morgan fingerprint density at radius 2 is 1.55 bits per heavy atom. The van der Waals surface area contributed by atoms with Crippen molar-refractivity contribution in [3.05, 3.63) is 0 Å². The summed E-state index contributed by atoms with van der Waals surface area (Å²) in [5.74, 6) is 1.84. The van der Waals surface area contributed by atoms with Crippen molar-refractivity contribution in [3.63, 3.8) is 0 Å². The summed E-state index contributed by atoms with van der Waals surface area (Å²) in [7, 11) is -0.495. The molecule has 11 heavy (non-hydrogen) atoms. The van der Waals surface area contributed by atoms with Crippen molar-refractivity contribution in [1.82, 2.24) is 5.32 Å². The fourth-order valence-corrected chi connectivity index (χ4v) is 2.84. The van der Waals surface area contributed by atoms with E-state index < -0.39 is 10.8 Å². The van der Waals surface area contributed by atoms with Gasteiger partial charge in [-0.25, -0.2) is 0 Å². The van der Waals surface area contributed by atoms with Crippen LogP contribution in [0, 0.1) is 0 Å². The van der Waals surface area contributed by atoms with E-state index in [-0.39, 0.29) is 0 Å². The quantitative estimate of drug-likeness (QED) is 0.664. The minimum Gasteiger partial charge on any atom is -0.311 e. The molecular formula is C8H15NOS. The standard InChI is InChI=1S/C8H15NOS/c10-11-5-3-8(4-6-11)9-7-1-2-7/h7-9H,1-6H2. The Morgan fingerprint density at radius 3 is 2.09 bits per heavy atom. The summed E-state index contributed by atoms with van der Waals surface area (Å²) in [5, 5.41) is 3.58. The predicted molar refractivity (Wildman–Crippen MR) is 47.1 cm³/mol. The number of rotatable bonds is 2. The van der Waals surface area contributed by atoms with Crippen LogP contribution < -0.4 is 5.32 Å². The normalized spacial score (nSPS) is 38.9. The zero-order chi connectivity index (χ0) is 7.68. The van der Waals surface area contributed by atoms with E-state index in [0.717, 1.165) is 30.4 Å². The van der Waals surface area contributed by atoms with Crippen LogP contribution >= 0.6 is 0 Å². The summed E-state index contributed by atoms with van der Waals surface area (Å²) in [6, 6.07) is 1.49. The van der Waals surface area contributed by atoms with Crippen molar-refractivity contribution in [3.8, 4) is 0 Å². The lowest BCUT2D eigenvalue weighted by Gasteiger charge is -2.22. The Bertz CT molecular complexity index is 157.